The van der Waals surface area contributed by atoms with Gasteiger partial charge in [-0.2, -0.15) is 0 Å². The maximum atomic E-state index is 3.36. The average molecular weight is 192 g/mol. The standard InChI is InChI=1S/C14H24/c1-3-7-13(8-4-2)11-12-14-9-5-6-10-14/h13-14H,3,5-7,9-12H2,1-2H3. The van der Waals surface area contributed by atoms with Crippen LogP contribution in [-0.2, 0) is 0 Å². The van der Waals surface area contributed by atoms with Crippen molar-refractivity contribution in [2.75, 3.05) is 0 Å². The second-order valence-corrected chi connectivity index (χ2v) is 4.61. The predicted molar refractivity (Wildman–Crippen MR) is 63.0 cm³/mol. The number of rotatable bonds is 5. The van der Waals surface area contributed by atoms with Crippen LogP contribution in [0, 0.1) is 23.7 Å². The van der Waals surface area contributed by atoms with Crippen LogP contribution in [0.15, 0.2) is 0 Å². The normalized spacial score (nSPS) is 19.0. The largest absolute Gasteiger partial charge is 0.106 e. The molecule has 1 saturated carbocycles. The van der Waals surface area contributed by atoms with Gasteiger partial charge in [-0.3, -0.25) is 0 Å². The van der Waals surface area contributed by atoms with Gasteiger partial charge in [0.1, 0.15) is 0 Å². The molecule has 0 amide bonds. The summed E-state index contributed by atoms with van der Waals surface area (Å²) < 4.78 is 0. The summed E-state index contributed by atoms with van der Waals surface area (Å²) >= 11 is 0. The molecule has 1 aliphatic carbocycles. The van der Waals surface area contributed by atoms with E-state index in [2.05, 4.69) is 18.8 Å². The fourth-order valence-corrected chi connectivity index (χ4v) is 2.58. The molecule has 0 radical (unpaired) electrons. The lowest BCUT2D eigenvalue weighted by molar-refractivity contribution is 0.429. The lowest BCUT2D eigenvalue weighted by Crippen LogP contribution is -2.01. The smallest absolute Gasteiger partial charge is 0.0202 e. The minimum absolute atomic E-state index is 0.686. The summed E-state index contributed by atoms with van der Waals surface area (Å²) in [6.07, 6.45) is 11.3. The highest BCUT2D eigenvalue weighted by atomic mass is 14.2. The lowest BCUT2D eigenvalue weighted by Gasteiger charge is -2.13. The van der Waals surface area contributed by atoms with E-state index in [1.54, 1.807) is 0 Å². The van der Waals surface area contributed by atoms with E-state index in [-0.39, 0.29) is 0 Å². The number of hydrogen-bond donors (Lipinski definition) is 0. The molecule has 0 nitrogen and oxygen atoms in total. The Bertz CT molecular complexity index is 188. The van der Waals surface area contributed by atoms with Gasteiger partial charge in [0.2, 0.25) is 0 Å². The molecule has 0 aliphatic heterocycles. The fourth-order valence-electron chi connectivity index (χ4n) is 2.58. The zero-order valence-corrected chi connectivity index (χ0v) is 9.81. The SMILES string of the molecule is CC#CC(CCC)CCC1CCCC1. The van der Waals surface area contributed by atoms with Gasteiger partial charge in [0.05, 0.1) is 0 Å². The minimum Gasteiger partial charge on any atom is -0.106 e. The molecule has 0 aromatic heterocycles. The quantitative estimate of drug-likeness (QED) is 0.566. The monoisotopic (exact) mass is 192 g/mol. The van der Waals surface area contributed by atoms with Gasteiger partial charge in [-0.25, -0.2) is 0 Å². The Morgan fingerprint density at radius 2 is 1.93 bits per heavy atom. The molecule has 0 aromatic carbocycles. The Balaban J connectivity index is 2.19. The first-order valence-electron chi connectivity index (χ1n) is 6.29. The summed E-state index contributed by atoms with van der Waals surface area (Å²) in [6, 6.07) is 0. The molecule has 0 saturated heterocycles. The van der Waals surface area contributed by atoms with Crippen molar-refractivity contribution >= 4 is 0 Å². The van der Waals surface area contributed by atoms with Gasteiger partial charge in [-0.05, 0) is 32.1 Å². The van der Waals surface area contributed by atoms with Crippen LogP contribution in [0.25, 0.3) is 0 Å². The molecule has 0 bridgehead atoms. The predicted octanol–water partition coefficient (Wildman–Crippen LogP) is 4.40. The van der Waals surface area contributed by atoms with Crippen LogP contribution < -0.4 is 0 Å². The van der Waals surface area contributed by atoms with Crippen LogP contribution in [0.5, 0.6) is 0 Å². The Hall–Kier alpha value is -0.440. The van der Waals surface area contributed by atoms with E-state index in [1.807, 2.05) is 6.92 Å². The van der Waals surface area contributed by atoms with Gasteiger partial charge < -0.3 is 0 Å². The molecule has 0 spiro atoms. The molecular formula is C14H24. The fraction of sp³-hybridized carbons (Fsp3) is 0.857. The van der Waals surface area contributed by atoms with Crippen molar-refractivity contribution in [1.29, 1.82) is 0 Å². The third-order valence-corrected chi connectivity index (χ3v) is 3.38. The molecule has 1 aliphatic rings. The summed E-state index contributed by atoms with van der Waals surface area (Å²) in [7, 11) is 0. The molecular weight excluding hydrogens is 168 g/mol. The van der Waals surface area contributed by atoms with Gasteiger partial charge in [-0.1, -0.05) is 39.0 Å². The molecule has 0 aromatic rings. The summed E-state index contributed by atoms with van der Waals surface area (Å²) in [5, 5.41) is 0. The van der Waals surface area contributed by atoms with E-state index in [0.29, 0.717) is 5.92 Å². The van der Waals surface area contributed by atoms with Crippen molar-refractivity contribution in [2.24, 2.45) is 11.8 Å². The first-order valence-corrected chi connectivity index (χ1v) is 6.29. The van der Waals surface area contributed by atoms with Crippen molar-refractivity contribution in [2.45, 2.75) is 65.2 Å². The Kier molecular flexibility index (Phi) is 5.76. The molecule has 1 rings (SSSR count). The molecule has 0 N–H and O–H groups in total. The molecule has 0 heterocycles. The average Bonchev–Trinajstić information content (AvgIpc) is 2.67. The van der Waals surface area contributed by atoms with Crippen molar-refractivity contribution in [3.05, 3.63) is 0 Å². The van der Waals surface area contributed by atoms with Gasteiger partial charge in [0.15, 0.2) is 0 Å². The Labute approximate surface area is 89.5 Å². The highest BCUT2D eigenvalue weighted by Crippen LogP contribution is 2.30. The second-order valence-electron chi connectivity index (χ2n) is 4.61. The topological polar surface area (TPSA) is 0 Å². The van der Waals surface area contributed by atoms with E-state index < -0.39 is 0 Å². The zero-order valence-electron chi connectivity index (χ0n) is 9.81. The van der Waals surface area contributed by atoms with Crippen LogP contribution in [0.2, 0.25) is 0 Å². The van der Waals surface area contributed by atoms with Crippen LogP contribution in [0.1, 0.15) is 65.2 Å². The molecule has 14 heavy (non-hydrogen) atoms. The molecule has 1 fully saturated rings. The van der Waals surface area contributed by atoms with Crippen LogP contribution in [0.3, 0.4) is 0 Å². The Morgan fingerprint density at radius 3 is 2.50 bits per heavy atom. The zero-order chi connectivity index (χ0) is 10.2. The summed E-state index contributed by atoms with van der Waals surface area (Å²) in [5.41, 5.74) is 0. The first kappa shape index (κ1) is 11.6. The van der Waals surface area contributed by atoms with Crippen molar-refractivity contribution in [3.8, 4) is 11.8 Å². The maximum absolute atomic E-state index is 3.36. The first-order chi connectivity index (χ1) is 6.86. The van der Waals surface area contributed by atoms with Crippen molar-refractivity contribution in [1.82, 2.24) is 0 Å². The highest BCUT2D eigenvalue weighted by molar-refractivity contribution is 5.00. The Morgan fingerprint density at radius 1 is 1.21 bits per heavy atom. The van der Waals surface area contributed by atoms with Gasteiger partial charge >= 0.3 is 0 Å². The van der Waals surface area contributed by atoms with E-state index in [1.165, 1.54) is 51.4 Å². The summed E-state index contributed by atoms with van der Waals surface area (Å²) in [5.74, 6) is 8.16. The highest BCUT2D eigenvalue weighted by Gasteiger charge is 2.16. The van der Waals surface area contributed by atoms with Crippen LogP contribution >= 0.6 is 0 Å². The summed E-state index contributed by atoms with van der Waals surface area (Å²) in [6.45, 7) is 4.23. The third kappa shape index (κ3) is 4.18. The molecule has 1 atom stereocenters. The van der Waals surface area contributed by atoms with Crippen LogP contribution in [0.4, 0.5) is 0 Å². The van der Waals surface area contributed by atoms with E-state index >= 15 is 0 Å². The van der Waals surface area contributed by atoms with Crippen LogP contribution in [-0.4, -0.2) is 0 Å². The van der Waals surface area contributed by atoms with E-state index in [0.717, 1.165) is 5.92 Å². The van der Waals surface area contributed by atoms with Gasteiger partial charge in [-0.15, -0.1) is 11.8 Å². The summed E-state index contributed by atoms with van der Waals surface area (Å²) in [4.78, 5) is 0. The minimum atomic E-state index is 0.686. The van der Waals surface area contributed by atoms with Gasteiger partial charge in [0, 0.05) is 5.92 Å². The molecule has 0 heteroatoms. The van der Waals surface area contributed by atoms with E-state index in [4.69, 9.17) is 0 Å². The van der Waals surface area contributed by atoms with Crippen molar-refractivity contribution in [3.63, 3.8) is 0 Å². The number of hydrogen-bond acceptors (Lipinski definition) is 0. The molecule has 80 valence electrons. The molecule has 1 unspecified atom stereocenters. The third-order valence-electron chi connectivity index (χ3n) is 3.38. The second kappa shape index (κ2) is 6.93. The lowest BCUT2D eigenvalue weighted by atomic mass is 9.92. The van der Waals surface area contributed by atoms with E-state index in [9.17, 15) is 0 Å². The van der Waals surface area contributed by atoms with Crippen molar-refractivity contribution < 1.29 is 0 Å². The maximum Gasteiger partial charge on any atom is 0.0202 e. The van der Waals surface area contributed by atoms with Gasteiger partial charge in [0.25, 0.3) is 0 Å².